The van der Waals surface area contributed by atoms with Crippen LogP contribution in [0.25, 0.3) is 0 Å². The minimum Gasteiger partial charge on any atom is -0.351 e. The Balaban J connectivity index is 1.80. The van der Waals surface area contributed by atoms with Crippen molar-refractivity contribution in [3.8, 4) is 0 Å². The standard InChI is InChI=1S/C16H20N4O3/c1-10(8-17)18-13(21)9-20-14(22)16(19-15(20)23)7-6-11-4-2-3-5-12(11)16/h2-5,10H,6-9,17H2,1H3,(H,18,21)(H,19,23)/t10-,16?/m0/s1. The Morgan fingerprint density at radius 2 is 2.17 bits per heavy atom. The average Bonchev–Trinajstić information content (AvgIpc) is 3.02. The molecule has 1 heterocycles. The molecule has 1 aliphatic carbocycles. The van der Waals surface area contributed by atoms with E-state index in [2.05, 4.69) is 10.6 Å². The third kappa shape index (κ3) is 2.46. The van der Waals surface area contributed by atoms with Crippen LogP contribution in [-0.2, 0) is 21.5 Å². The Bertz CT molecular complexity index is 675. The van der Waals surface area contributed by atoms with Gasteiger partial charge in [0.05, 0.1) is 0 Å². The number of fused-ring (bicyclic) bond motifs is 2. The first kappa shape index (κ1) is 15.5. The van der Waals surface area contributed by atoms with Gasteiger partial charge in [-0.15, -0.1) is 0 Å². The number of benzene rings is 1. The number of amides is 4. The van der Waals surface area contributed by atoms with Gasteiger partial charge in [0.2, 0.25) is 5.91 Å². The van der Waals surface area contributed by atoms with E-state index in [1.54, 1.807) is 6.92 Å². The van der Waals surface area contributed by atoms with E-state index in [0.717, 1.165) is 22.4 Å². The summed E-state index contributed by atoms with van der Waals surface area (Å²) in [4.78, 5) is 38.0. The van der Waals surface area contributed by atoms with Crippen LogP contribution < -0.4 is 16.4 Å². The SMILES string of the molecule is C[C@@H](CN)NC(=O)CN1C(=O)NC2(CCc3ccccc32)C1=O. The quantitative estimate of drug-likeness (QED) is 0.672. The number of urea groups is 1. The van der Waals surface area contributed by atoms with E-state index in [4.69, 9.17) is 5.73 Å². The van der Waals surface area contributed by atoms with Crippen molar-refractivity contribution in [1.29, 1.82) is 0 Å². The van der Waals surface area contributed by atoms with Gasteiger partial charge in [-0.05, 0) is 30.9 Å². The third-order valence-electron chi connectivity index (χ3n) is 4.48. The first-order chi connectivity index (χ1) is 11.0. The molecule has 1 spiro atoms. The fourth-order valence-electron chi connectivity index (χ4n) is 3.26. The van der Waals surface area contributed by atoms with Crippen molar-refractivity contribution >= 4 is 17.8 Å². The number of hydrogen-bond acceptors (Lipinski definition) is 4. The van der Waals surface area contributed by atoms with Gasteiger partial charge in [-0.2, -0.15) is 0 Å². The smallest absolute Gasteiger partial charge is 0.325 e. The second-order valence-corrected chi connectivity index (χ2v) is 6.09. The summed E-state index contributed by atoms with van der Waals surface area (Å²) in [6.45, 7) is 1.76. The molecule has 122 valence electrons. The molecule has 1 fully saturated rings. The number of rotatable bonds is 4. The summed E-state index contributed by atoms with van der Waals surface area (Å²) in [6.07, 6.45) is 1.25. The second kappa shape index (κ2) is 5.66. The van der Waals surface area contributed by atoms with Gasteiger partial charge in [-0.1, -0.05) is 24.3 Å². The molecule has 0 bridgehead atoms. The number of carbonyl (C=O) groups excluding carboxylic acids is 3. The van der Waals surface area contributed by atoms with Crippen molar-refractivity contribution < 1.29 is 14.4 Å². The first-order valence-corrected chi connectivity index (χ1v) is 7.70. The summed E-state index contributed by atoms with van der Waals surface area (Å²) in [5.41, 5.74) is 6.33. The number of carbonyl (C=O) groups is 3. The summed E-state index contributed by atoms with van der Waals surface area (Å²) in [5, 5.41) is 5.45. The zero-order valence-electron chi connectivity index (χ0n) is 13.0. The zero-order chi connectivity index (χ0) is 16.6. The Labute approximate surface area is 134 Å². The van der Waals surface area contributed by atoms with Crippen LogP contribution in [0.1, 0.15) is 24.5 Å². The zero-order valence-corrected chi connectivity index (χ0v) is 13.0. The lowest BCUT2D eigenvalue weighted by Crippen LogP contribution is -2.46. The lowest BCUT2D eigenvalue weighted by Gasteiger charge is -2.22. The molecule has 1 saturated heterocycles. The molecule has 1 unspecified atom stereocenters. The molecule has 0 aromatic heterocycles. The highest BCUT2D eigenvalue weighted by Gasteiger charge is 2.55. The van der Waals surface area contributed by atoms with Gasteiger partial charge in [0, 0.05) is 12.6 Å². The van der Waals surface area contributed by atoms with Gasteiger partial charge >= 0.3 is 6.03 Å². The maximum atomic E-state index is 12.8. The summed E-state index contributed by atoms with van der Waals surface area (Å²) in [5.74, 6) is -0.752. The Morgan fingerprint density at radius 3 is 2.91 bits per heavy atom. The van der Waals surface area contributed by atoms with Crippen molar-refractivity contribution in [2.75, 3.05) is 13.1 Å². The van der Waals surface area contributed by atoms with Crippen LogP contribution in [0, 0.1) is 0 Å². The predicted molar refractivity (Wildman–Crippen MR) is 83.3 cm³/mol. The fourth-order valence-corrected chi connectivity index (χ4v) is 3.26. The molecule has 0 radical (unpaired) electrons. The van der Waals surface area contributed by atoms with Crippen molar-refractivity contribution in [2.24, 2.45) is 5.73 Å². The van der Waals surface area contributed by atoms with Crippen LogP contribution in [0.4, 0.5) is 4.79 Å². The monoisotopic (exact) mass is 316 g/mol. The fraction of sp³-hybridized carbons (Fsp3) is 0.438. The van der Waals surface area contributed by atoms with Crippen LogP contribution in [0.15, 0.2) is 24.3 Å². The summed E-state index contributed by atoms with van der Waals surface area (Å²) < 4.78 is 0. The minimum absolute atomic E-state index is 0.204. The van der Waals surface area contributed by atoms with Gasteiger partial charge in [0.15, 0.2) is 0 Å². The summed E-state index contributed by atoms with van der Waals surface area (Å²) in [6, 6.07) is 6.86. The number of imide groups is 1. The van der Waals surface area contributed by atoms with E-state index in [1.165, 1.54) is 0 Å². The highest BCUT2D eigenvalue weighted by atomic mass is 16.2. The first-order valence-electron chi connectivity index (χ1n) is 7.70. The van der Waals surface area contributed by atoms with Crippen molar-refractivity contribution in [1.82, 2.24) is 15.5 Å². The van der Waals surface area contributed by atoms with Crippen molar-refractivity contribution in [3.05, 3.63) is 35.4 Å². The molecule has 23 heavy (non-hydrogen) atoms. The molecular weight excluding hydrogens is 296 g/mol. The topological polar surface area (TPSA) is 105 Å². The van der Waals surface area contributed by atoms with Crippen LogP contribution in [0.3, 0.4) is 0 Å². The van der Waals surface area contributed by atoms with Gasteiger partial charge in [0.1, 0.15) is 12.1 Å². The van der Waals surface area contributed by atoms with E-state index in [0.29, 0.717) is 13.0 Å². The molecular formula is C16H20N4O3. The molecule has 3 rings (SSSR count). The molecule has 4 amide bonds. The van der Waals surface area contributed by atoms with Crippen molar-refractivity contribution in [2.45, 2.75) is 31.3 Å². The molecule has 2 aliphatic rings. The van der Waals surface area contributed by atoms with E-state index in [9.17, 15) is 14.4 Å². The lowest BCUT2D eigenvalue weighted by atomic mass is 9.92. The number of nitrogens with two attached hydrogens (primary N) is 1. The summed E-state index contributed by atoms with van der Waals surface area (Å²) in [7, 11) is 0. The van der Waals surface area contributed by atoms with E-state index in [1.807, 2.05) is 24.3 Å². The highest BCUT2D eigenvalue weighted by molar-refractivity contribution is 6.09. The van der Waals surface area contributed by atoms with Gasteiger partial charge in [-0.25, -0.2) is 4.79 Å². The van der Waals surface area contributed by atoms with E-state index in [-0.39, 0.29) is 18.5 Å². The Morgan fingerprint density at radius 1 is 1.43 bits per heavy atom. The largest absolute Gasteiger partial charge is 0.351 e. The molecule has 4 N–H and O–H groups in total. The highest BCUT2D eigenvalue weighted by Crippen LogP contribution is 2.41. The average molecular weight is 316 g/mol. The maximum absolute atomic E-state index is 12.8. The molecule has 7 heteroatoms. The minimum atomic E-state index is -1.02. The number of aryl methyl sites for hydroxylation is 1. The third-order valence-corrected chi connectivity index (χ3v) is 4.48. The Hall–Kier alpha value is -2.41. The summed E-state index contributed by atoms with van der Waals surface area (Å²) >= 11 is 0. The van der Waals surface area contributed by atoms with Crippen molar-refractivity contribution in [3.63, 3.8) is 0 Å². The van der Waals surface area contributed by atoms with Gasteiger partial charge in [0.25, 0.3) is 5.91 Å². The Kier molecular flexibility index (Phi) is 3.81. The van der Waals surface area contributed by atoms with Crippen LogP contribution in [0.2, 0.25) is 0 Å². The second-order valence-electron chi connectivity index (χ2n) is 6.09. The molecule has 2 atom stereocenters. The molecule has 1 aliphatic heterocycles. The van der Waals surface area contributed by atoms with Crippen LogP contribution in [0.5, 0.6) is 0 Å². The number of nitrogens with one attached hydrogen (secondary N) is 2. The molecule has 1 aromatic carbocycles. The number of nitrogens with zero attached hydrogens (tertiary/aromatic N) is 1. The molecule has 7 nitrogen and oxygen atoms in total. The lowest BCUT2D eigenvalue weighted by molar-refractivity contribution is -0.135. The maximum Gasteiger partial charge on any atom is 0.325 e. The van der Waals surface area contributed by atoms with Gasteiger partial charge < -0.3 is 16.4 Å². The van der Waals surface area contributed by atoms with E-state index >= 15 is 0 Å². The molecule has 1 aromatic rings. The normalized spacial score (nSPS) is 23.8. The molecule has 0 saturated carbocycles. The van der Waals surface area contributed by atoms with Crippen LogP contribution in [-0.4, -0.2) is 41.9 Å². The number of hydrogen-bond donors (Lipinski definition) is 3. The van der Waals surface area contributed by atoms with E-state index < -0.39 is 17.5 Å². The predicted octanol–water partition coefficient (Wildman–Crippen LogP) is -0.157. The van der Waals surface area contributed by atoms with Crippen LogP contribution >= 0.6 is 0 Å². The van der Waals surface area contributed by atoms with Gasteiger partial charge in [-0.3, -0.25) is 14.5 Å².